The van der Waals surface area contributed by atoms with E-state index in [-0.39, 0.29) is 11.5 Å². The van der Waals surface area contributed by atoms with Crippen LogP contribution in [0.25, 0.3) is 6.08 Å². The molecule has 1 aromatic carbocycles. The van der Waals surface area contributed by atoms with E-state index in [2.05, 4.69) is 5.32 Å². The molecule has 0 aliphatic heterocycles. The summed E-state index contributed by atoms with van der Waals surface area (Å²) in [5, 5.41) is 12.7. The summed E-state index contributed by atoms with van der Waals surface area (Å²) in [6, 6.07) is 9.50. The normalized spacial score (nSPS) is 13.7. The second kappa shape index (κ2) is 6.79. The second-order valence-corrected chi connectivity index (χ2v) is 6.56. The van der Waals surface area contributed by atoms with Gasteiger partial charge in [0.1, 0.15) is 5.00 Å². The van der Waals surface area contributed by atoms with Gasteiger partial charge in [-0.05, 0) is 42.9 Å². The predicted molar refractivity (Wildman–Crippen MR) is 92.0 cm³/mol. The number of amides is 1. The Bertz CT molecular complexity index is 762. The molecule has 1 aliphatic rings. The van der Waals surface area contributed by atoms with Gasteiger partial charge < -0.3 is 10.4 Å². The van der Waals surface area contributed by atoms with E-state index in [1.807, 2.05) is 30.3 Å². The molecule has 1 amide bonds. The summed E-state index contributed by atoms with van der Waals surface area (Å²) in [5.74, 6) is -1.28. The molecule has 1 aliphatic carbocycles. The van der Waals surface area contributed by atoms with Gasteiger partial charge in [0.2, 0.25) is 5.91 Å². The fourth-order valence-corrected chi connectivity index (χ4v) is 4.05. The molecule has 0 unspecified atom stereocenters. The lowest BCUT2D eigenvalue weighted by atomic mass is 9.95. The lowest BCUT2D eigenvalue weighted by Gasteiger charge is -2.10. The summed E-state index contributed by atoms with van der Waals surface area (Å²) in [4.78, 5) is 24.7. The van der Waals surface area contributed by atoms with Crippen LogP contribution in [-0.2, 0) is 17.6 Å². The van der Waals surface area contributed by atoms with Gasteiger partial charge in [-0.25, -0.2) is 4.79 Å². The number of carboxylic acids is 1. The Morgan fingerprint density at radius 3 is 2.61 bits per heavy atom. The minimum Gasteiger partial charge on any atom is -0.478 e. The Balaban J connectivity index is 1.80. The number of thiophene rings is 1. The van der Waals surface area contributed by atoms with Crippen molar-refractivity contribution in [2.24, 2.45) is 0 Å². The third kappa shape index (κ3) is 3.51. The first-order valence-corrected chi connectivity index (χ1v) is 8.39. The average molecular weight is 327 g/mol. The van der Waals surface area contributed by atoms with Crippen molar-refractivity contribution in [1.29, 1.82) is 0 Å². The molecule has 0 bridgehead atoms. The van der Waals surface area contributed by atoms with Crippen LogP contribution in [0.3, 0.4) is 0 Å². The highest BCUT2D eigenvalue weighted by molar-refractivity contribution is 7.17. The van der Waals surface area contributed by atoms with Crippen molar-refractivity contribution in [3.63, 3.8) is 0 Å². The zero-order valence-corrected chi connectivity index (χ0v) is 13.4. The lowest BCUT2D eigenvalue weighted by Crippen LogP contribution is -2.11. The van der Waals surface area contributed by atoms with Crippen molar-refractivity contribution in [3.05, 3.63) is 58.0 Å². The first-order chi connectivity index (χ1) is 11.1. The number of aromatic carboxylic acids is 1. The molecule has 2 aromatic rings. The number of nitrogens with one attached hydrogen (secondary N) is 1. The molecule has 0 saturated carbocycles. The molecule has 1 aromatic heterocycles. The highest BCUT2D eigenvalue weighted by atomic mass is 32.1. The summed E-state index contributed by atoms with van der Waals surface area (Å²) in [7, 11) is 0. The number of carboxylic acid groups (broad SMARTS) is 1. The smallest absolute Gasteiger partial charge is 0.339 e. The van der Waals surface area contributed by atoms with Gasteiger partial charge >= 0.3 is 5.97 Å². The van der Waals surface area contributed by atoms with Crippen molar-refractivity contribution in [3.8, 4) is 0 Å². The lowest BCUT2D eigenvalue weighted by molar-refractivity contribution is -0.111. The highest BCUT2D eigenvalue weighted by Gasteiger charge is 2.25. The number of rotatable bonds is 4. The summed E-state index contributed by atoms with van der Waals surface area (Å²) < 4.78 is 0. The molecule has 23 heavy (non-hydrogen) atoms. The van der Waals surface area contributed by atoms with Gasteiger partial charge in [-0.2, -0.15) is 0 Å². The van der Waals surface area contributed by atoms with Crippen LogP contribution in [0.1, 0.15) is 39.2 Å². The van der Waals surface area contributed by atoms with E-state index in [9.17, 15) is 14.7 Å². The summed E-state index contributed by atoms with van der Waals surface area (Å²) >= 11 is 1.39. The fourth-order valence-electron chi connectivity index (χ4n) is 2.77. The highest BCUT2D eigenvalue weighted by Crippen LogP contribution is 2.38. The van der Waals surface area contributed by atoms with Gasteiger partial charge in [0.15, 0.2) is 0 Å². The number of aryl methyl sites for hydroxylation is 1. The average Bonchev–Trinajstić information content (AvgIpc) is 2.91. The van der Waals surface area contributed by atoms with E-state index in [0.29, 0.717) is 5.00 Å². The number of anilines is 1. The molecule has 3 rings (SSSR count). The quantitative estimate of drug-likeness (QED) is 0.835. The molecular weight excluding hydrogens is 310 g/mol. The fraction of sp³-hybridized carbons (Fsp3) is 0.222. The van der Waals surface area contributed by atoms with Crippen LogP contribution < -0.4 is 5.32 Å². The van der Waals surface area contributed by atoms with Gasteiger partial charge in [0.25, 0.3) is 0 Å². The van der Waals surface area contributed by atoms with Crippen molar-refractivity contribution in [2.45, 2.75) is 25.7 Å². The minimum absolute atomic E-state index is 0.270. The zero-order valence-electron chi connectivity index (χ0n) is 12.5. The molecule has 0 spiro atoms. The van der Waals surface area contributed by atoms with E-state index in [0.717, 1.165) is 41.7 Å². The molecule has 0 saturated heterocycles. The number of hydrogen-bond donors (Lipinski definition) is 2. The molecular formula is C18H17NO3S. The van der Waals surface area contributed by atoms with Gasteiger partial charge in [-0.15, -0.1) is 11.3 Å². The monoisotopic (exact) mass is 327 g/mol. The predicted octanol–water partition coefficient (Wildman–Crippen LogP) is 3.98. The molecule has 2 N–H and O–H groups in total. The third-order valence-electron chi connectivity index (χ3n) is 3.85. The van der Waals surface area contributed by atoms with E-state index in [1.165, 1.54) is 17.4 Å². The van der Waals surface area contributed by atoms with Crippen molar-refractivity contribution in [1.82, 2.24) is 0 Å². The Kier molecular flexibility index (Phi) is 4.57. The van der Waals surface area contributed by atoms with E-state index >= 15 is 0 Å². The number of benzene rings is 1. The third-order valence-corrected chi connectivity index (χ3v) is 5.06. The molecule has 0 fully saturated rings. The first kappa shape index (κ1) is 15.5. The first-order valence-electron chi connectivity index (χ1n) is 7.57. The van der Waals surface area contributed by atoms with Crippen LogP contribution in [-0.4, -0.2) is 17.0 Å². The number of carbonyl (C=O) groups is 2. The van der Waals surface area contributed by atoms with Crippen molar-refractivity contribution in [2.75, 3.05) is 5.32 Å². The van der Waals surface area contributed by atoms with Crippen LogP contribution in [0.4, 0.5) is 5.00 Å². The molecule has 0 atom stereocenters. The number of hydrogen-bond acceptors (Lipinski definition) is 3. The van der Waals surface area contributed by atoms with E-state index < -0.39 is 5.97 Å². The van der Waals surface area contributed by atoms with E-state index in [4.69, 9.17) is 0 Å². The van der Waals surface area contributed by atoms with Crippen LogP contribution in [0.5, 0.6) is 0 Å². The molecule has 118 valence electrons. The summed E-state index contributed by atoms with van der Waals surface area (Å²) in [6.45, 7) is 0. The van der Waals surface area contributed by atoms with Gasteiger partial charge in [-0.3, -0.25) is 4.79 Å². The molecule has 4 nitrogen and oxygen atoms in total. The van der Waals surface area contributed by atoms with Crippen LogP contribution in [0.15, 0.2) is 36.4 Å². The standard InChI is InChI=1S/C18H17NO3S/c20-15(11-10-12-6-2-1-3-7-12)19-17-16(18(21)22)13-8-4-5-9-14(13)23-17/h1-3,6-7,10-11H,4-5,8-9H2,(H,19,20)(H,21,22)/b11-10+. The van der Waals surface area contributed by atoms with E-state index in [1.54, 1.807) is 6.08 Å². The zero-order chi connectivity index (χ0) is 16.2. The summed E-state index contributed by atoms with van der Waals surface area (Å²) in [5.41, 5.74) is 2.09. The molecule has 5 heteroatoms. The van der Waals surface area contributed by atoms with Crippen molar-refractivity contribution >= 4 is 34.3 Å². The Morgan fingerprint density at radius 2 is 1.87 bits per heavy atom. The van der Waals surface area contributed by atoms with Crippen LogP contribution in [0, 0.1) is 0 Å². The number of carbonyl (C=O) groups excluding carboxylic acids is 1. The molecule has 0 radical (unpaired) electrons. The SMILES string of the molecule is O=C(/C=C/c1ccccc1)Nc1sc2c(c1C(=O)O)CCCC2. The maximum atomic E-state index is 12.1. The van der Waals surface area contributed by atoms with Gasteiger partial charge in [0.05, 0.1) is 5.56 Å². The Morgan fingerprint density at radius 1 is 1.13 bits per heavy atom. The minimum atomic E-state index is -0.966. The van der Waals surface area contributed by atoms with Gasteiger partial charge in [0, 0.05) is 11.0 Å². The topological polar surface area (TPSA) is 66.4 Å². The molecule has 1 heterocycles. The maximum Gasteiger partial charge on any atom is 0.339 e. The summed E-state index contributed by atoms with van der Waals surface area (Å²) in [6.07, 6.45) is 6.90. The Labute approximate surface area is 138 Å². The maximum absolute atomic E-state index is 12.1. The van der Waals surface area contributed by atoms with Crippen LogP contribution in [0.2, 0.25) is 0 Å². The number of fused-ring (bicyclic) bond motifs is 1. The van der Waals surface area contributed by atoms with Crippen LogP contribution >= 0.6 is 11.3 Å². The van der Waals surface area contributed by atoms with Gasteiger partial charge in [-0.1, -0.05) is 30.3 Å². The van der Waals surface area contributed by atoms with Crippen molar-refractivity contribution < 1.29 is 14.7 Å². The second-order valence-electron chi connectivity index (χ2n) is 5.45. The Hall–Kier alpha value is -2.40. The largest absolute Gasteiger partial charge is 0.478 e.